The number of hydrogen-bond acceptors (Lipinski definition) is 4. The first-order valence-corrected chi connectivity index (χ1v) is 8.17. The summed E-state index contributed by atoms with van der Waals surface area (Å²) in [5, 5.41) is 0. The van der Waals surface area contributed by atoms with Gasteiger partial charge in [-0.1, -0.05) is 0 Å². The summed E-state index contributed by atoms with van der Waals surface area (Å²) >= 11 is 0. The lowest BCUT2D eigenvalue weighted by atomic mass is 10.1. The van der Waals surface area contributed by atoms with Crippen LogP contribution in [0.15, 0.2) is 17.0 Å². The van der Waals surface area contributed by atoms with Crippen molar-refractivity contribution in [2.75, 3.05) is 27.3 Å². The molecule has 1 amide bonds. The summed E-state index contributed by atoms with van der Waals surface area (Å²) in [4.78, 5) is 12.5. The Morgan fingerprint density at radius 1 is 1.38 bits per heavy atom. The molecule has 0 spiro atoms. The van der Waals surface area contributed by atoms with Gasteiger partial charge in [0.25, 0.3) is 15.0 Å². The Hall–Kier alpha value is -1.25. The van der Waals surface area contributed by atoms with Crippen molar-refractivity contribution >= 4 is 25.6 Å². The third kappa shape index (κ3) is 4.62. The van der Waals surface area contributed by atoms with E-state index in [4.69, 9.17) is 15.4 Å². The van der Waals surface area contributed by atoms with Crippen LogP contribution < -0.4 is 0 Å². The summed E-state index contributed by atoms with van der Waals surface area (Å²) in [7, 11) is 3.69. The fourth-order valence-corrected chi connectivity index (χ4v) is 2.38. The standard InChI is InChI=1S/C12H14ClF2NO4S/c1-16(4-3-5-20-2)12(17)9-6-8(21(13,18)19)7-10(14)11(9)15/h6-7H,3-5H2,1-2H3. The Morgan fingerprint density at radius 2 is 2.00 bits per heavy atom. The van der Waals surface area contributed by atoms with E-state index in [9.17, 15) is 22.0 Å². The molecule has 0 aliphatic heterocycles. The van der Waals surface area contributed by atoms with Crippen molar-refractivity contribution in [2.24, 2.45) is 0 Å². The highest BCUT2D eigenvalue weighted by Gasteiger charge is 2.23. The molecule has 0 unspecified atom stereocenters. The molecule has 0 saturated carbocycles. The van der Waals surface area contributed by atoms with Crippen LogP contribution in [0.2, 0.25) is 0 Å². The van der Waals surface area contributed by atoms with E-state index in [-0.39, 0.29) is 6.54 Å². The van der Waals surface area contributed by atoms with Gasteiger partial charge >= 0.3 is 0 Å². The van der Waals surface area contributed by atoms with Crippen molar-refractivity contribution in [3.8, 4) is 0 Å². The van der Waals surface area contributed by atoms with E-state index in [2.05, 4.69) is 0 Å². The highest BCUT2D eigenvalue weighted by molar-refractivity contribution is 8.13. The number of halogens is 3. The number of hydrogen-bond donors (Lipinski definition) is 0. The van der Waals surface area contributed by atoms with E-state index in [1.165, 1.54) is 14.2 Å². The van der Waals surface area contributed by atoms with Gasteiger partial charge in [-0.2, -0.15) is 0 Å². The van der Waals surface area contributed by atoms with Crippen molar-refractivity contribution in [1.82, 2.24) is 4.90 Å². The van der Waals surface area contributed by atoms with Gasteiger partial charge < -0.3 is 9.64 Å². The zero-order chi connectivity index (χ0) is 16.2. The second kappa shape index (κ2) is 7.15. The number of nitrogens with zero attached hydrogens (tertiary/aromatic N) is 1. The molecule has 118 valence electrons. The van der Waals surface area contributed by atoms with Gasteiger partial charge in [0.15, 0.2) is 11.6 Å². The Kier molecular flexibility index (Phi) is 6.06. The van der Waals surface area contributed by atoms with Crippen LogP contribution >= 0.6 is 10.7 Å². The summed E-state index contributed by atoms with van der Waals surface area (Å²) in [5.74, 6) is -3.71. The third-order valence-electron chi connectivity index (χ3n) is 2.70. The van der Waals surface area contributed by atoms with Gasteiger partial charge in [0.1, 0.15) is 0 Å². The molecule has 0 aliphatic carbocycles. The second-order valence-corrected chi connectivity index (χ2v) is 6.84. The summed E-state index contributed by atoms with van der Waals surface area (Å²) in [6.45, 7) is 0.635. The third-order valence-corrected chi connectivity index (χ3v) is 4.04. The number of amides is 1. The Morgan fingerprint density at radius 3 is 2.52 bits per heavy atom. The Bertz CT molecular complexity index is 636. The predicted molar refractivity (Wildman–Crippen MR) is 72.9 cm³/mol. The van der Waals surface area contributed by atoms with Gasteiger partial charge in [0.05, 0.1) is 10.5 Å². The van der Waals surface area contributed by atoms with Crippen molar-refractivity contribution in [2.45, 2.75) is 11.3 Å². The molecule has 0 aromatic heterocycles. The van der Waals surface area contributed by atoms with Crippen LogP contribution in [-0.2, 0) is 13.8 Å². The second-order valence-electron chi connectivity index (χ2n) is 4.28. The maximum Gasteiger partial charge on any atom is 0.261 e. The summed E-state index contributed by atoms with van der Waals surface area (Å²) in [6.07, 6.45) is 0.496. The first-order valence-electron chi connectivity index (χ1n) is 5.86. The molecule has 21 heavy (non-hydrogen) atoms. The van der Waals surface area contributed by atoms with Gasteiger partial charge in [-0.3, -0.25) is 4.79 Å². The average molecular weight is 342 g/mol. The minimum absolute atomic E-state index is 0.242. The molecule has 0 heterocycles. The monoisotopic (exact) mass is 341 g/mol. The normalized spacial score (nSPS) is 11.5. The topological polar surface area (TPSA) is 63.7 Å². The van der Waals surface area contributed by atoms with Gasteiger partial charge in [0.2, 0.25) is 0 Å². The number of carbonyl (C=O) groups is 1. The number of rotatable bonds is 6. The summed E-state index contributed by atoms with van der Waals surface area (Å²) < 4.78 is 54.3. The molecule has 0 aliphatic rings. The predicted octanol–water partition coefficient (Wildman–Crippen LogP) is 2.00. The van der Waals surface area contributed by atoms with Crippen LogP contribution in [0.3, 0.4) is 0 Å². The molecule has 1 aromatic rings. The van der Waals surface area contributed by atoms with Gasteiger partial charge in [-0.25, -0.2) is 17.2 Å². The minimum atomic E-state index is -4.27. The van der Waals surface area contributed by atoms with Crippen molar-refractivity contribution in [3.05, 3.63) is 29.3 Å². The fraction of sp³-hybridized carbons (Fsp3) is 0.417. The maximum atomic E-state index is 13.7. The Labute approximate surface area is 125 Å². The molecule has 0 radical (unpaired) electrons. The smallest absolute Gasteiger partial charge is 0.261 e. The van der Waals surface area contributed by atoms with Crippen LogP contribution in [0, 0.1) is 11.6 Å². The number of carbonyl (C=O) groups excluding carboxylic acids is 1. The molecule has 0 atom stereocenters. The first kappa shape index (κ1) is 17.8. The lowest BCUT2D eigenvalue weighted by Gasteiger charge is -2.17. The highest BCUT2D eigenvalue weighted by atomic mass is 35.7. The number of benzene rings is 1. The highest BCUT2D eigenvalue weighted by Crippen LogP contribution is 2.22. The quantitative estimate of drug-likeness (QED) is 0.586. The van der Waals surface area contributed by atoms with E-state index in [0.29, 0.717) is 19.1 Å². The Balaban J connectivity index is 3.11. The van der Waals surface area contributed by atoms with E-state index < -0.39 is 37.1 Å². The molecule has 1 aromatic carbocycles. The first-order chi connectivity index (χ1) is 9.68. The zero-order valence-electron chi connectivity index (χ0n) is 11.4. The average Bonchev–Trinajstić information content (AvgIpc) is 2.39. The maximum absolute atomic E-state index is 13.7. The van der Waals surface area contributed by atoms with Crippen LogP contribution in [-0.4, -0.2) is 46.5 Å². The van der Waals surface area contributed by atoms with Crippen LogP contribution in [0.4, 0.5) is 8.78 Å². The van der Waals surface area contributed by atoms with Crippen molar-refractivity contribution in [3.63, 3.8) is 0 Å². The van der Waals surface area contributed by atoms with Crippen LogP contribution in [0.5, 0.6) is 0 Å². The van der Waals surface area contributed by atoms with Crippen molar-refractivity contribution < 1.29 is 26.7 Å². The molecule has 9 heteroatoms. The van der Waals surface area contributed by atoms with E-state index >= 15 is 0 Å². The van der Waals surface area contributed by atoms with Crippen LogP contribution in [0.1, 0.15) is 16.8 Å². The largest absolute Gasteiger partial charge is 0.385 e. The van der Waals surface area contributed by atoms with Gasteiger partial charge in [-0.15, -0.1) is 0 Å². The van der Waals surface area contributed by atoms with Crippen molar-refractivity contribution in [1.29, 1.82) is 0 Å². The van der Waals surface area contributed by atoms with Crippen LogP contribution in [0.25, 0.3) is 0 Å². The molecule has 0 N–H and O–H groups in total. The number of methoxy groups -OCH3 is 1. The summed E-state index contributed by atoms with van der Waals surface area (Å²) in [5.41, 5.74) is -0.686. The zero-order valence-corrected chi connectivity index (χ0v) is 13.0. The lowest BCUT2D eigenvalue weighted by Crippen LogP contribution is -2.29. The minimum Gasteiger partial charge on any atom is -0.385 e. The summed E-state index contributed by atoms with van der Waals surface area (Å²) in [6, 6.07) is 1.15. The molecular weight excluding hydrogens is 328 g/mol. The fourth-order valence-electron chi connectivity index (χ4n) is 1.61. The van der Waals surface area contributed by atoms with E-state index in [0.717, 1.165) is 11.0 Å². The van der Waals surface area contributed by atoms with E-state index in [1.54, 1.807) is 0 Å². The molecule has 0 bridgehead atoms. The molecule has 0 fully saturated rings. The molecule has 0 saturated heterocycles. The molecular formula is C12H14ClF2NO4S. The lowest BCUT2D eigenvalue weighted by molar-refractivity contribution is 0.0773. The number of ether oxygens (including phenoxy) is 1. The van der Waals surface area contributed by atoms with Gasteiger partial charge in [-0.05, 0) is 18.6 Å². The SMILES string of the molecule is COCCCN(C)C(=O)c1cc(S(=O)(=O)Cl)cc(F)c1F. The van der Waals surface area contributed by atoms with Gasteiger partial charge in [0, 0.05) is 38.0 Å². The molecule has 1 rings (SSSR count). The molecule has 5 nitrogen and oxygen atoms in total. The van der Waals surface area contributed by atoms with E-state index in [1.807, 2.05) is 0 Å².